The molecule has 0 saturated carbocycles. The van der Waals surface area contributed by atoms with Crippen LogP contribution in [0.15, 0.2) is 48.5 Å². The summed E-state index contributed by atoms with van der Waals surface area (Å²) >= 11 is 6.17. The van der Waals surface area contributed by atoms with Gasteiger partial charge in [0.15, 0.2) is 0 Å². The zero-order valence-electron chi connectivity index (χ0n) is 15.5. The van der Waals surface area contributed by atoms with E-state index in [9.17, 15) is 4.79 Å². The van der Waals surface area contributed by atoms with Crippen LogP contribution in [0.1, 0.15) is 37.3 Å². The lowest BCUT2D eigenvalue weighted by Crippen LogP contribution is -2.43. The highest BCUT2D eigenvalue weighted by molar-refractivity contribution is 6.32. The molecule has 2 aromatic rings. The smallest absolute Gasteiger partial charge is 0.220 e. The molecule has 0 aliphatic carbocycles. The number of nitrogens with one attached hydrogen (secondary N) is 1. The topological polar surface area (TPSA) is 56.1 Å². The fraction of sp³-hybridized carbons (Fsp3) is 0.364. The number of benzene rings is 2. The van der Waals surface area contributed by atoms with Gasteiger partial charge in [-0.15, -0.1) is 0 Å². The molecule has 0 radical (unpaired) electrons. The molecule has 27 heavy (non-hydrogen) atoms. The van der Waals surface area contributed by atoms with Crippen molar-refractivity contribution in [2.24, 2.45) is 0 Å². The molecular formula is C22H24ClN3O. The van der Waals surface area contributed by atoms with Gasteiger partial charge in [0.2, 0.25) is 5.91 Å². The summed E-state index contributed by atoms with van der Waals surface area (Å²) in [4.78, 5) is 14.6. The highest BCUT2D eigenvalue weighted by Crippen LogP contribution is 2.29. The largest absolute Gasteiger partial charge is 0.367 e. The first-order valence-corrected chi connectivity index (χ1v) is 9.76. The summed E-state index contributed by atoms with van der Waals surface area (Å²) in [5.74, 6) is 0.113. The molecule has 2 aromatic carbocycles. The fourth-order valence-corrected chi connectivity index (χ4v) is 3.86. The number of hydrogen-bond donors (Lipinski definition) is 1. The van der Waals surface area contributed by atoms with Crippen LogP contribution in [0.25, 0.3) is 0 Å². The number of anilines is 1. The number of nitriles is 1. The molecule has 0 bridgehead atoms. The molecule has 1 aliphatic rings. The molecule has 3 rings (SSSR count). The van der Waals surface area contributed by atoms with Gasteiger partial charge in [-0.25, -0.2) is 0 Å². The third-order valence-corrected chi connectivity index (χ3v) is 5.53. The molecule has 1 N–H and O–H groups in total. The maximum absolute atomic E-state index is 12.3. The lowest BCUT2D eigenvalue weighted by Gasteiger charge is -2.27. The second kappa shape index (κ2) is 8.92. The van der Waals surface area contributed by atoms with E-state index >= 15 is 0 Å². The molecule has 1 aliphatic heterocycles. The highest BCUT2D eigenvalue weighted by Gasteiger charge is 2.31. The first-order chi connectivity index (χ1) is 13.1. The quantitative estimate of drug-likeness (QED) is 0.810. The summed E-state index contributed by atoms with van der Waals surface area (Å²) in [7, 11) is 0. The van der Waals surface area contributed by atoms with Crippen molar-refractivity contribution in [2.45, 2.75) is 44.7 Å². The third kappa shape index (κ3) is 4.81. The SMILES string of the molecule is C[C@H]1[C@H](NC(=O)CCCc2ccccc2)CCN1c1ccc(C#N)c(Cl)c1. The Kier molecular flexibility index (Phi) is 6.36. The van der Waals surface area contributed by atoms with E-state index in [2.05, 4.69) is 35.3 Å². The normalized spacial score (nSPS) is 18.9. The molecule has 0 aromatic heterocycles. The third-order valence-electron chi connectivity index (χ3n) is 5.22. The van der Waals surface area contributed by atoms with Crippen molar-refractivity contribution < 1.29 is 4.79 Å². The van der Waals surface area contributed by atoms with Crippen LogP contribution in [0, 0.1) is 11.3 Å². The van der Waals surface area contributed by atoms with Crippen LogP contribution in [0.5, 0.6) is 0 Å². The van der Waals surface area contributed by atoms with Gasteiger partial charge in [0, 0.05) is 24.7 Å². The highest BCUT2D eigenvalue weighted by atomic mass is 35.5. The molecule has 1 amide bonds. The van der Waals surface area contributed by atoms with Crippen LogP contribution < -0.4 is 10.2 Å². The van der Waals surface area contributed by atoms with Crippen molar-refractivity contribution in [3.05, 3.63) is 64.7 Å². The average molecular weight is 382 g/mol. The first-order valence-electron chi connectivity index (χ1n) is 9.38. The van der Waals surface area contributed by atoms with E-state index in [1.165, 1.54) is 5.56 Å². The Morgan fingerprint density at radius 3 is 2.78 bits per heavy atom. The summed E-state index contributed by atoms with van der Waals surface area (Å²) in [5.41, 5.74) is 2.74. The van der Waals surface area contributed by atoms with Gasteiger partial charge in [-0.1, -0.05) is 41.9 Å². The number of amides is 1. The van der Waals surface area contributed by atoms with E-state index in [-0.39, 0.29) is 18.0 Å². The van der Waals surface area contributed by atoms with Crippen LogP contribution >= 0.6 is 11.6 Å². The van der Waals surface area contributed by atoms with Gasteiger partial charge in [-0.3, -0.25) is 4.79 Å². The Morgan fingerprint density at radius 1 is 1.30 bits per heavy atom. The standard InChI is InChI=1S/C22H24ClN3O/c1-16-21(25-22(27)9-5-8-17-6-3-2-4-7-17)12-13-26(16)19-11-10-18(15-24)20(23)14-19/h2-4,6-7,10-11,14,16,21H,5,8-9,12-13H2,1H3,(H,25,27)/t16-,21+/m0/s1. The lowest BCUT2D eigenvalue weighted by atomic mass is 10.1. The van der Waals surface area contributed by atoms with Crippen LogP contribution in [0.3, 0.4) is 0 Å². The number of rotatable bonds is 6. The number of hydrogen-bond acceptors (Lipinski definition) is 3. The number of halogens is 1. The van der Waals surface area contributed by atoms with E-state index in [4.69, 9.17) is 16.9 Å². The van der Waals surface area contributed by atoms with Crippen LogP contribution in [0.2, 0.25) is 5.02 Å². The second-order valence-electron chi connectivity index (χ2n) is 7.01. The second-order valence-corrected chi connectivity index (χ2v) is 7.42. The van der Waals surface area contributed by atoms with Crippen molar-refractivity contribution in [1.82, 2.24) is 5.32 Å². The molecule has 5 heteroatoms. The van der Waals surface area contributed by atoms with Crippen LogP contribution in [0.4, 0.5) is 5.69 Å². The van der Waals surface area contributed by atoms with Crippen molar-refractivity contribution in [3.63, 3.8) is 0 Å². The molecule has 0 unspecified atom stereocenters. The summed E-state index contributed by atoms with van der Waals surface area (Å²) < 4.78 is 0. The Balaban J connectivity index is 1.51. The monoisotopic (exact) mass is 381 g/mol. The van der Waals surface area contributed by atoms with Gasteiger partial charge in [0.1, 0.15) is 6.07 Å². The Labute approximate surface area is 165 Å². The molecule has 4 nitrogen and oxygen atoms in total. The van der Waals surface area contributed by atoms with E-state index in [1.54, 1.807) is 6.07 Å². The van der Waals surface area contributed by atoms with E-state index in [1.807, 2.05) is 30.3 Å². The van der Waals surface area contributed by atoms with Gasteiger partial charge in [-0.2, -0.15) is 5.26 Å². The van der Waals surface area contributed by atoms with Crippen molar-refractivity contribution >= 4 is 23.2 Å². The summed E-state index contributed by atoms with van der Waals surface area (Å²) in [5, 5.41) is 12.7. The van der Waals surface area contributed by atoms with E-state index in [0.29, 0.717) is 17.0 Å². The molecule has 1 saturated heterocycles. The Bertz CT molecular complexity index is 831. The maximum Gasteiger partial charge on any atom is 0.220 e. The number of aryl methyl sites for hydroxylation is 1. The van der Waals surface area contributed by atoms with Gasteiger partial charge in [-0.05, 0) is 49.9 Å². The Morgan fingerprint density at radius 2 is 2.07 bits per heavy atom. The molecule has 140 valence electrons. The van der Waals surface area contributed by atoms with Gasteiger partial charge < -0.3 is 10.2 Å². The number of nitrogens with zero attached hydrogens (tertiary/aromatic N) is 2. The first kappa shape index (κ1) is 19.3. The molecule has 0 spiro atoms. The minimum atomic E-state index is 0.113. The average Bonchev–Trinajstić information content (AvgIpc) is 3.03. The minimum Gasteiger partial charge on any atom is -0.367 e. The molecule has 1 heterocycles. The number of carbonyl (C=O) groups is 1. The molecule has 1 fully saturated rings. The number of carbonyl (C=O) groups excluding carboxylic acids is 1. The van der Waals surface area contributed by atoms with Gasteiger partial charge in [0.05, 0.1) is 16.6 Å². The zero-order chi connectivity index (χ0) is 19.2. The van der Waals surface area contributed by atoms with E-state index < -0.39 is 0 Å². The molecule has 2 atom stereocenters. The van der Waals surface area contributed by atoms with Gasteiger partial charge >= 0.3 is 0 Å². The van der Waals surface area contributed by atoms with Crippen molar-refractivity contribution in [3.8, 4) is 6.07 Å². The van der Waals surface area contributed by atoms with Crippen LogP contribution in [-0.4, -0.2) is 24.5 Å². The van der Waals surface area contributed by atoms with Crippen molar-refractivity contribution in [2.75, 3.05) is 11.4 Å². The van der Waals surface area contributed by atoms with E-state index in [0.717, 1.165) is 31.5 Å². The van der Waals surface area contributed by atoms with Gasteiger partial charge in [0.25, 0.3) is 0 Å². The predicted molar refractivity (Wildman–Crippen MR) is 109 cm³/mol. The van der Waals surface area contributed by atoms with Crippen LogP contribution in [-0.2, 0) is 11.2 Å². The minimum absolute atomic E-state index is 0.113. The lowest BCUT2D eigenvalue weighted by molar-refractivity contribution is -0.121. The molecular weight excluding hydrogens is 358 g/mol. The summed E-state index contributed by atoms with van der Waals surface area (Å²) in [6.45, 7) is 2.98. The summed E-state index contributed by atoms with van der Waals surface area (Å²) in [6, 6.07) is 18.2. The maximum atomic E-state index is 12.3. The summed E-state index contributed by atoms with van der Waals surface area (Å²) in [6.07, 6.45) is 3.22. The Hall–Kier alpha value is -2.51. The predicted octanol–water partition coefficient (Wildman–Crippen LogP) is 4.32. The zero-order valence-corrected chi connectivity index (χ0v) is 16.2. The fourth-order valence-electron chi connectivity index (χ4n) is 3.65. The van der Waals surface area contributed by atoms with Crippen molar-refractivity contribution in [1.29, 1.82) is 5.26 Å².